The molecule has 2 atom stereocenters. The first-order chi connectivity index (χ1) is 9.33. The van der Waals surface area contributed by atoms with Gasteiger partial charge in [-0.05, 0) is 54.4 Å². The van der Waals surface area contributed by atoms with Crippen LogP contribution in [0.25, 0.3) is 0 Å². The Morgan fingerprint density at radius 3 is 1.95 bits per heavy atom. The number of hydrogen-bond donors (Lipinski definition) is 1. The molecule has 0 aliphatic heterocycles. The first-order valence-corrected chi connectivity index (χ1v) is 7.17. The van der Waals surface area contributed by atoms with E-state index in [0.29, 0.717) is 17.6 Å². The van der Waals surface area contributed by atoms with Crippen LogP contribution >= 0.6 is 0 Å². The topological polar surface area (TPSA) is 20.2 Å². The summed E-state index contributed by atoms with van der Waals surface area (Å²) < 4.78 is 0. The summed E-state index contributed by atoms with van der Waals surface area (Å²) in [6, 6.07) is 18.6. The van der Waals surface area contributed by atoms with Gasteiger partial charge in [-0.15, -0.1) is 0 Å². The Morgan fingerprint density at radius 2 is 1.32 bits per heavy atom. The van der Waals surface area contributed by atoms with Gasteiger partial charge in [0.2, 0.25) is 0 Å². The number of benzene rings is 2. The van der Waals surface area contributed by atoms with Crippen LogP contribution in [0.15, 0.2) is 54.6 Å². The van der Waals surface area contributed by atoms with Gasteiger partial charge in [-0.3, -0.25) is 0 Å². The molecule has 0 amide bonds. The van der Waals surface area contributed by atoms with E-state index in [1.165, 1.54) is 36.8 Å². The van der Waals surface area contributed by atoms with Crippen molar-refractivity contribution < 1.29 is 5.11 Å². The number of phenols is 1. The van der Waals surface area contributed by atoms with Gasteiger partial charge < -0.3 is 5.11 Å². The maximum Gasteiger partial charge on any atom is 0.115 e. The van der Waals surface area contributed by atoms with Gasteiger partial charge in [0.1, 0.15) is 5.75 Å². The van der Waals surface area contributed by atoms with E-state index in [0.717, 1.165) is 0 Å². The van der Waals surface area contributed by atoms with E-state index < -0.39 is 0 Å². The molecule has 0 heterocycles. The highest BCUT2D eigenvalue weighted by atomic mass is 16.3. The molecular formula is C18H20O. The summed E-state index contributed by atoms with van der Waals surface area (Å²) in [5.41, 5.74) is 2.85. The van der Waals surface area contributed by atoms with E-state index in [-0.39, 0.29) is 0 Å². The monoisotopic (exact) mass is 252 g/mol. The third-order valence-corrected chi connectivity index (χ3v) is 4.31. The summed E-state index contributed by atoms with van der Waals surface area (Å²) in [7, 11) is 0. The standard InChI is InChI=1S/C18H20O/c19-18-11-9-15(10-12-18)17-8-4-7-16(13-17)14-5-2-1-3-6-14/h1-3,5-6,9-12,16-17,19H,4,7-8,13H2. The Labute approximate surface area is 114 Å². The predicted molar refractivity (Wildman–Crippen MR) is 78.5 cm³/mol. The van der Waals surface area contributed by atoms with Crippen molar-refractivity contribution in [3.05, 3.63) is 65.7 Å². The van der Waals surface area contributed by atoms with Gasteiger partial charge in [-0.1, -0.05) is 48.9 Å². The maximum atomic E-state index is 9.39. The second-order valence-corrected chi connectivity index (χ2v) is 5.56. The average molecular weight is 252 g/mol. The lowest BCUT2D eigenvalue weighted by Crippen LogP contribution is -2.12. The number of rotatable bonds is 2. The minimum atomic E-state index is 0.360. The van der Waals surface area contributed by atoms with Gasteiger partial charge in [-0.25, -0.2) is 0 Å². The van der Waals surface area contributed by atoms with Crippen LogP contribution in [0.5, 0.6) is 5.75 Å². The van der Waals surface area contributed by atoms with Crippen molar-refractivity contribution in [3.63, 3.8) is 0 Å². The van der Waals surface area contributed by atoms with Crippen LogP contribution in [0, 0.1) is 0 Å². The molecule has 2 aromatic carbocycles. The summed E-state index contributed by atoms with van der Waals surface area (Å²) >= 11 is 0. The third-order valence-electron chi connectivity index (χ3n) is 4.31. The molecule has 1 heteroatoms. The quantitative estimate of drug-likeness (QED) is 0.811. The molecule has 2 unspecified atom stereocenters. The smallest absolute Gasteiger partial charge is 0.115 e. The number of aromatic hydroxyl groups is 1. The fourth-order valence-corrected chi connectivity index (χ4v) is 3.27. The zero-order valence-electron chi connectivity index (χ0n) is 11.1. The molecule has 2 aromatic rings. The summed E-state index contributed by atoms with van der Waals surface area (Å²) in [6.45, 7) is 0. The van der Waals surface area contributed by atoms with E-state index in [1.54, 1.807) is 0 Å². The molecule has 1 nitrogen and oxygen atoms in total. The first-order valence-electron chi connectivity index (χ1n) is 7.17. The third kappa shape index (κ3) is 2.81. The predicted octanol–water partition coefficient (Wildman–Crippen LogP) is 4.83. The van der Waals surface area contributed by atoms with E-state index in [2.05, 4.69) is 42.5 Å². The Kier molecular flexibility index (Phi) is 3.54. The van der Waals surface area contributed by atoms with Crippen LogP contribution in [-0.2, 0) is 0 Å². The van der Waals surface area contributed by atoms with Crippen LogP contribution in [0.3, 0.4) is 0 Å². The number of phenolic OH excluding ortho intramolecular Hbond substituents is 1. The second kappa shape index (κ2) is 5.48. The molecule has 1 aliphatic rings. The Balaban J connectivity index is 1.76. The Bertz CT molecular complexity index is 515. The summed E-state index contributed by atoms with van der Waals surface area (Å²) in [5, 5.41) is 9.39. The summed E-state index contributed by atoms with van der Waals surface area (Å²) in [5.74, 6) is 1.69. The molecular weight excluding hydrogens is 232 g/mol. The van der Waals surface area contributed by atoms with Crippen LogP contribution in [0.2, 0.25) is 0 Å². The fraction of sp³-hybridized carbons (Fsp3) is 0.333. The van der Waals surface area contributed by atoms with Gasteiger partial charge in [0.15, 0.2) is 0 Å². The second-order valence-electron chi connectivity index (χ2n) is 5.56. The minimum Gasteiger partial charge on any atom is -0.508 e. The van der Waals surface area contributed by atoms with Crippen LogP contribution in [-0.4, -0.2) is 5.11 Å². The van der Waals surface area contributed by atoms with Crippen LogP contribution in [0.4, 0.5) is 0 Å². The van der Waals surface area contributed by atoms with E-state index >= 15 is 0 Å². The lowest BCUT2D eigenvalue weighted by Gasteiger charge is -2.29. The van der Waals surface area contributed by atoms with Crippen molar-refractivity contribution in [3.8, 4) is 5.75 Å². The molecule has 19 heavy (non-hydrogen) atoms. The highest BCUT2D eigenvalue weighted by Crippen LogP contribution is 2.41. The van der Waals surface area contributed by atoms with Crippen molar-refractivity contribution in [2.45, 2.75) is 37.5 Å². The summed E-state index contributed by atoms with van der Waals surface area (Å²) in [4.78, 5) is 0. The molecule has 0 spiro atoms. The van der Waals surface area contributed by atoms with Gasteiger partial charge in [0.25, 0.3) is 0 Å². The zero-order chi connectivity index (χ0) is 13.1. The molecule has 0 aromatic heterocycles. The van der Waals surface area contributed by atoms with Gasteiger partial charge >= 0.3 is 0 Å². The molecule has 0 saturated heterocycles. The summed E-state index contributed by atoms with van der Waals surface area (Å²) in [6.07, 6.45) is 5.10. The maximum absolute atomic E-state index is 9.39. The van der Waals surface area contributed by atoms with Gasteiger partial charge in [0.05, 0.1) is 0 Å². The van der Waals surface area contributed by atoms with Crippen molar-refractivity contribution >= 4 is 0 Å². The highest BCUT2D eigenvalue weighted by molar-refractivity contribution is 5.30. The molecule has 1 aliphatic carbocycles. The molecule has 1 N–H and O–H groups in total. The molecule has 1 fully saturated rings. The van der Waals surface area contributed by atoms with Crippen LogP contribution in [0.1, 0.15) is 48.6 Å². The molecule has 1 saturated carbocycles. The zero-order valence-corrected chi connectivity index (χ0v) is 11.1. The van der Waals surface area contributed by atoms with Crippen LogP contribution < -0.4 is 0 Å². The molecule has 0 bridgehead atoms. The largest absolute Gasteiger partial charge is 0.508 e. The minimum absolute atomic E-state index is 0.360. The fourth-order valence-electron chi connectivity index (χ4n) is 3.27. The molecule has 3 rings (SSSR count). The van der Waals surface area contributed by atoms with Crippen molar-refractivity contribution in [2.75, 3.05) is 0 Å². The lowest BCUT2D eigenvalue weighted by molar-refractivity contribution is 0.393. The molecule has 98 valence electrons. The van der Waals surface area contributed by atoms with Crippen molar-refractivity contribution in [1.29, 1.82) is 0 Å². The number of hydrogen-bond acceptors (Lipinski definition) is 1. The first kappa shape index (κ1) is 12.3. The van der Waals surface area contributed by atoms with E-state index in [1.807, 2.05) is 12.1 Å². The normalized spacial score (nSPS) is 23.2. The highest BCUT2D eigenvalue weighted by Gasteiger charge is 2.24. The molecule has 0 radical (unpaired) electrons. The van der Waals surface area contributed by atoms with Gasteiger partial charge in [0, 0.05) is 0 Å². The SMILES string of the molecule is Oc1ccc(C2CCCC(c3ccccc3)C2)cc1. The van der Waals surface area contributed by atoms with Crippen molar-refractivity contribution in [2.24, 2.45) is 0 Å². The van der Waals surface area contributed by atoms with Gasteiger partial charge in [-0.2, -0.15) is 0 Å². The average Bonchev–Trinajstić information content (AvgIpc) is 2.49. The Morgan fingerprint density at radius 1 is 0.737 bits per heavy atom. The van der Waals surface area contributed by atoms with Crippen molar-refractivity contribution in [1.82, 2.24) is 0 Å². The Hall–Kier alpha value is -1.76. The lowest BCUT2D eigenvalue weighted by atomic mass is 9.75. The van der Waals surface area contributed by atoms with E-state index in [9.17, 15) is 5.11 Å². The van der Waals surface area contributed by atoms with E-state index in [4.69, 9.17) is 0 Å².